The van der Waals surface area contributed by atoms with Crippen molar-refractivity contribution >= 4 is 21.2 Å². The van der Waals surface area contributed by atoms with E-state index < -0.39 is 9.84 Å². The molecule has 0 radical (unpaired) electrons. The Balaban J connectivity index is 1.88. The van der Waals surface area contributed by atoms with Gasteiger partial charge in [-0.15, -0.1) is 0 Å². The standard InChI is InChI=1S/C20H17NO3S/c1-24-16-8-6-7-15(13-16)14-21-17-9-2-4-11-19(17)25(22,23)20-12-5-3-10-18(20)21/h2-13H,14H2,1H3. The molecule has 3 aromatic rings. The van der Waals surface area contributed by atoms with E-state index in [1.807, 2.05) is 53.4 Å². The Bertz CT molecular complexity index is 991. The Morgan fingerprint density at radius 3 is 2.04 bits per heavy atom. The first-order chi connectivity index (χ1) is 12.1. The first-order valence-corrected chi connectivity index (χ1v) is 9.43. The predicted octanol–water partition coefficient (Wildman–Crippen LogP) is 4.18. The molecule has 25 heavy (non-hydrogen) atoms. The highest BCUT2D eigenvalue weighted by Crippen LogP contribution is 2.44. The number of sulfone groups is 1. The van der Waals surface area contributed by atoms with E-state index in [2.05, 4.69) is 0 Å². The Morgan fingerprint density at radius 2 is 1.44 bits per heavy atom. The Hall–Kier alpha value is -2.79. The van der Waals surface area contributed by atoms with Crippen LogP contribution in [0.2, 0.25) is 0 Å². The second-order valence-electron chi connectivity index (χ2n) is 5.88. The van der Waals surface area contributed by atoms with Crippen LogP contribution in [0, 0.1) is 0 Å². The summed E-state index contributed by atoms with van der Waals surface area (Å²) in [4.78, 5) is 2.73. The van der Waals surface area contributed by atoms with Gasteiger partial charge in [-0.1, -0.05) is 36.4 Å². The van der Waals surface area contributed by atoms with Crippen LogP contribution in [0.1, 0.15) is 5.56 Å². The normalized spacial score (nSPS) is 14.5. The third-order valence-corrected chi connectivity index (χ3v) is 6.21. The predicted molar refractivity (Wildman–Crippen MR) is 97.2 cm³/mol. The first-order valence-electron chi connectivity index (χ1n) is 7.95. The van der Waals surface area contributed by atoms with Crippen LogP contribution in [-0.4, -0.2) is 15.5 Å². The molecule has 0 saturated heterocycles. The van der Waals surface area contributed by atoms with E-state index in [9.17, 15) is 8.42 Å². The molecule has 0 atom stereocenters. The molecular weight excluding hydrogens is 334 g/mol. The molecule has 0 amide bonds. The Labute approximate surface area is 147 Å². The van der Waals surface area contributed by atoms with Crippen molar-refractivity contribution < 1.29 is 13.2 Å². The SMILES string of the molecule is COc1cccc(CN2c3ccccc3S(=O)(=O)c3ccccc32)c1. The van der Waals surface area contributed by atoms with Crippen LogP contribution in [0.3, 0.4) is 0 Å². The van der Waals surface area contributed by atoms with Crippen LogP contribution >= 0.6 is 0 Å². The number of hydrogen-bond donors (Lipinski definition) is 0. The summed E-state index contributed by atoms with van der Waals surface area (Å²) < 4.78 is 31.2. The molecule has 5 heteroatoms. The summed E-state index contributed by atoms with van der Waals surface area (Å²) >= 11 is 0. The largest absolute Gasteiger partial charge is 0.497 e. The van der Waals surface area contributed by atoms with Gasteiger partial charge in [-0.25, -0.2) is 8.42 Å². The monoisotopic (exact) mass is 351 g/mol. The summed E-state index contributed by atoms with van der Waals surface area (Å²) in [6.07, 6.45) is 0. The maximum Gasteiger partial charge on any atom is 0.210 e. The van der Waals surface area contributed by atoms with Gasteiger partial charge in [0, 0.05) is 6.54 Å². The van der Waals surface area contributed by atoms with Crippen molar-refractivity contribution in [3.8, 4) is 5.75 Å². The van der Waals surface area contributed by atoms with Gasteiger partial charge in [0.25, 0.3) is 0 Å². The molecule has 1 aliphatic rings. The van der Waals surface area contributed by atoms with Crippen molar-refractivity contribution in [3.63, 3.8) is 0 Å². The van der Waals surface area contributed by atoms with Crippen molar-refractivity contribution in [3.05, 3.63) is 78.4 Å². The minimum atomic E-state index is -3.51. The minimum absolute atomic E-state index is 0.344. The highest BCUT2D eigenvalue weighted by atomic mass is 32.2. The van der Waals surface area contributed by atoms with E-state index in [4.69, 9.17) is 4.74 Å². The van der Waals surface area contributed by atoms with Gasteiger partial charge in [0.1, 0.15) is 5.75 Å². The second-order valence-corrected chi connectivity index (χ2v) is 7.76. The van der Waals surface area contributed by atoms with Gasteiger partial charge >= 0.3 is 0 Å². The maximum absolute atomic E-state index is 12.9. The average molecular weight is 351 g/mol. The molecule has 1 aliphatic heterocycles. The zero-order valence-corrected chi connectivity index (χ0v) is 14.5. The van der Waals surface area contributed by atoms with E-state index in [1.54, 1.807) is 31.4 Å². The van der Waals surface area contributed by atoms with Crippen molar-refractivity contribution in [2.45, 2.75) is 16.3 Å². The van der Waals surface area contributed by atoms with Gasteiger partial charge in [-0.05, 0) is 42.0 Å². The molecule has 0 N–H and O–H groups in total. The lowest BCUT2D eigenvalue weighted by molar-refractivity contribution is 0.414. The van der Waals surface area contributed by atoms with Crippen molar-refractivity contribution in [2.75, 3.05) is 12.0 Å². The highest BCUT2D eigenvalue weighted by molar-refractivity contribution is 7.92. The molecule has 0 bridgehead atoms. The lowest BCUT2D eigenvalue weighted by Crippen LogP contribution is -2.25. The van der Waals surface area contributed by atoms with E-state index in [1.165, 1.54) is 0 Å². The lowest BCUT2D eigenvalue weighted by atomic mass is 10.1. The molecule has 1 heterocycles. The zero-order valence-electron chi connectivity index (χ0n) is 13.7. The van der Waals surface area contributed by atoms with Gasteiger partial charge in [-0.2, -0.15) is 0 Å². The summed E-state index contributed by atoms with van der Waals surface area (Å²) in [7, 11) is -1.87. The van der Waals surface area contributed by atoms with Crippen molar-refractivity contribution in [2.24, 2.45) is 0 Å². The van der Waals surface area contributed by atoms with Gasteiger partial charge in [0.05, 0.1) is 28.3 Å². The van der Waals surface area contributed by atoms with Gasteiger partial charge in [0.2, 0.25) is 9.84 Å². The number of para-hydroxylation sites is 2. The van der Waals surface area contributed by atoms with E-state index in [-0.39, 0.29) is 0 Å². The van der Waals surface area contributed by atoms with Gasteiger partial charge in [0.15, 0.2) is 0 Å². The topological polar surface area (TPSA) is 46.6 Å². The fourth-order valence-electron chi connectivity index (χ4n) is 3.19. The number of methoxy groups -OCH3 is 1. The van der Waals surface area contributed by atoms with Crippen molar-refractivity contribution in [1.29, 1.82) is 0 Å². The van der Waals surface area contributed by atoms with E-state index in [0.29, 0.717) is 27.7 Å². The average Bonchev–Trinajstić information content (AvgIpc) is 2.65. The number of anilines is 2. The number of ether oxygens (including phenoxy) is 1. The lowest BCUT2D eigenvalue weighted by Gasteiger charge is -2.33. The summed E-state index contributed by atoms with van der Waals surface area (Å²) in [5, 5.41) is 0. The van der Waals surface area contributed by atoms with Crippen LogP contribution < -0.4 is 9.64 Å². The van der Waals surface area contributed by atoms with Crippen LogP contribution in [0.5, 0.6) is 5.75 Å². The number of fused-ring (bicyclic) bond motifs is 2. The number of nitrogens with zero attached hydrogens (tertiary/aromatic N) is 1. The summed E-state index contributed by atoms with van der Waals surface area (Å²) in [5.74, 6) is 0.781. The molecule has 4 rings (SSSR count). The summed E-state index contributed by atoms with van der Waals surface area (Å²) in [6, 6.07) is 22.1. The summed E-state index contributed by atoms with van der Waals surface area (Å²) in [5.41, 5.74) is 2.44. The van der Waals surface area contributed by atoms with Crippen molar-refractivity contribution in [1.82, 2.24) is 0 Å². The fourth-order valence-corrected chi connectivity index (χ4v) is 4.85. The van der Waals surface area contributed by atoms with E-state index in [0.717, 1.165) is 11.3 Å². The molecule has 0 saturated carbocycles. The molecule has 0 unspecified atom stereocenters. The minimum Gasteiger partial charge on any atom is -0.497 e. The fraction of sp³-hybridized carbons (Fsp3) is 0.100. The van der Waals surface area contributed by atoms with E-state index >= 15 is 0 Å². The molecule has 0 spiro atoms. The summed E-state index contributed by atoms with van der Waals surface area (Å²) in [6.45, 7) is 0.556. The number of benzene rings is 3. The van der Waals surface area contributed by atoms with Crippen LogP contribution in [0.25, 0.3) is 0 Å². The molecule has 4 nitrogen and oxygen atoms in total. The smallest absolute Gasteiger partial charge is 0.210 e. The van der Waals surface area contributed by atoms with Crippen LogP contribution in [0.4, 0.5) is 11.4 Å². The molecule has 0 aliphatic carbocycles. The molecule has 0 fully saturated rings. The van der Waals surface area contributed by atoms with Gasteiger partial charge < -0.3 is 9.64 Å². The molecular formula is C20H17NO3S. The molecule has 3 aromatic carbocycles. The third-order valence-electron chi connectivity index (χ3n) is 4.37. The Morgan fingerprint density at radius 1 is 0.840 bits per heavy atom. The zero-order chi connectivity index (χ0) is 17.4. The van der Waals surface area contributed by atoms with Crippen LogP contribution in [0.15, 0.2) is 82.6 Å². The molecule has 0 aromatic heterocycles. The highest BCUT2D eigenvalue weighted by Gasteiger charge is 2.33. The second kappa shape index (κ2) is 5.93. The quantitative estimate of drug-likeness (QED) is 0.710. The number of rotatable bonds is 3. The van der Waals surface area contributed by atoms with Crippen LogP contribution in [-0.2, 0) is 16.4 Å². The third kappa shape index (κ3) is 2.57. The first kappa shape index (κ1) is 15.7. The maximum atomic E-state index is 12.9. The Kier molecular flexibility index (Phi) is 3.73. The number of hydrogen-bond acceptors (Lipinski definition) is 4. The molecule has 126 valence electrons. The van der Waals surface area contributed by atoms with Gasteiger partial charge in [-0.3, -0.25) is 0 Å².